The molecule has 1 unspecified atom stereocenters. The van der Waals surface area contributed by atoms with Crippen molar-refractivity contribution in [3.63, 3.8) is 0 Å². The largest absolute Gasteiger partial charge is 0.506 e. The Labute approximate surface area is 215 Å². The number of amides is 2. The molecule has 0 aromatic heterocycles. The second-order valence-electron chi connectivity index (χ2n) is 9.11. The van der Waals surface area contributed by atoms with Crippen LogP contribution in [0.3, 0.4) is 0 Å². The minimum atomic E-state index is -0.453. The molecule has 1 aliphatic rings. The van der Waals surface area contributed by atoms with Crippen molar-refractivity contribution in [3.8, 4) is 11.5 Å². The van der Waals surface area contributed by atoms with Crippen molar-refractivity contribution in [1.29, 1.82) is 0 Å². The summed E-state index contributed by atoms with van der Waals surface area (Å²) >= 11 is 5.87. The maximum Gasteiger partial charge on any atom is 0.271 e. The first-order valence-corrected chi connectivity index (χ1v) is 12.6. The highest BCUT2D eigenvalue weighted by Crippen LogP contribution is 2.29. The summed E-state index contributed by atoms with van der Waals surface area (Å²) in [5.74, 6) is 0.465. The number of phenols is 1. The van der Waals surface area contributed by atoms with Crippen molar-refractivity contribution in [1.82, 2.24) is 10.7 Å². The lowest BCUT2D eigenvalue weighted by atomic mass is 9.84. The van der Waals surface area contributed by atoms with Gasteiger partial charge in [-0.15, -0.1) is 0 Å². The zero-order chi connectivity index (χ0) is 25.5. The van der Waals surface area contributed by atoms with Crippen molar-refractivity contribution < 1.29 is 19.4 Å². The van der Waals surface area contributed by atoms with E-state index in [4.69, 9.17) is 16.3 Å². The number of hydrazone groups is 1. The fraction of sp³-hybridized carbons (Fsp3) is 0.321. The van der Waals surface area contributed by atoms with Crippen LogP contribution in [-0.2, 0) is 4.79 Å². The second-order valence-corrected chi connectivity index (χ2v) is 9.51. The SMILES string of the molecule is CC(NC(=O)COc1ccc(C=NNC(=O)c2ccc(O)c(Cl)c2)c2ccccc12)C1CCCCC1. The molecule has 1 saturated carbocycles. The number of halogens is 1. The number of hydrogen-bond acceptors (Lipinski definition) is 5. The molecule has 0 saturated heterocycles. The first kappa shape index (κ1) is 25.5. The molecule has 0 aliphatic heterocycles. The lowest BCUT2D eigenvalue weighted by Crippen LogP contribution is -2.41. The molecule has 0 radical (unpaired) electrons. The van der Waals surface area contributed by atoms with Crippen LogP contribution in [-0.4, -0.2) is 35.8 Å². The van der Waals surface area contributed by atoms with Crippen molar-refractivity contribution in [2.45, 2.75) is 45.1 Å². The van der Waals surface area contributed by atoms with Crippen molar-refractivity contribution in [2.75, 3.05) is 6.61 Å². The van der Waals surface area contributed by atoms with E-state index < -0.39 is 5.91 Å². The van der Waals surface area contributed by atoms with E-state index in [1.54, 1.807) is 12.3 Å². The first-order chi connectivity index (χ1) is 17.4. The number of rotatable bonds is 8. The molecule has 1 aliphatic carbocycles. The van der Waals surface area contributed by atoms with Gasteiger partial charge in [0.05, 0.1) is 11.2 Å². The second kappa shape index (κ2) is 11.9. The highest BCUT2D eigenvalue weighted by molar-refractivity contribution is 6.32. The number of phenolic OH excluding ortho intramolecular Hbond substituents is 1. The van der Waals surface area contributed by atoms with Crippen LogP contribution in [0.25, 0.3) is 10.8 Å². The van der Waals surface area contributed by atoms with E-state index in [0.717, 1.165) is 16.3 Å². The predicted molar refractivity (Wildman–Crippen MR) is 142 cm³/mol. The Morgan fingerprint density at radius 3 is 2.61 bits per heavy atom. The molecule has 1 atom stereocenters. The van der Waals surface area contributed by atoms with Gasteiger partial charge in [-0.25, -0.2) is 5.43 Å². The summed E-state index contributed by atoms with van der Waals surface area (Å²) < 4.78 is 5.89. The molecule has 2 amide bonds. The van der Waals surface area contributed by atoms with E-state index in [0.29, 0.717) is 11.7 Å². The Hall–Kier alpha value is -3.58. The zero-order valence-corrected chi connectivity index (χ0v) is 20.9. The highest BCUT2D eigenvalue weighted by Gasteiger charge is 2.21. The molecule has 0 spiro atoms. The van der Waals surface area contributed by atoms with Gasteiger partial charge in [0.25, 0.3) is 11.8 Å². The van der Waals surface area contributed by atoms with E-state index in [-0.39, 0.29) is 34.9 Å². The zero-order valence-electron chi connectivity index (χ0n) is 20.2. The summed E-state index contributed by atoms with van der Waals surface area (Å²) in [6, 6.07) is 15.6. The van der Waals surface area contributed by atoms with Crippen LogP contribution in [0.2, 0.25) is 5.02 Å². The Bertz CT molecular complexity index is 1270. The lowest BCUT2D eigenvalue weighted by molar-refractivity contribution is -0.124. The number of carbonyl (C=O) groups excluding carboxylic acids is 2. The van der Waals surface area contributed by atoms with Crippen LogP contribution in [0.1, 0.15) is 54.9 Å². The third kappa shape index (κ3) is 6.34. The molecule has 188 valence electrons. The lowest BCUT2D eigenvalue weighted by Gasteiger charge is -2.28. The van der Waals surface area contributed by atoms with Gasteiger partial charge in [0.2, 0.25) is 0 Å². The van der Waals surface area contributed by atoms with Crippen molar-refractivity contribution in [2.24, 2.45) is 11.0 Å². The smallest absolute Gasteiger partial charge is 0.271 e. The topological polar surface area (TPSA) is 100 Å². The van der Waals surface area contributed by atoms with Gasteiger partial charge in [-0.1, -0.05) is 55.1 Å². The van der Waals surface area contributed by atoms with Gasteiger partial charge in [-0.3, -0.25) is 9.59 Å². The van der Waals surface area contributed by atoms with Crippen LogP contribution in [0.15, 0.2) is 59.7 Å². The summed E-state index contributed by atoms with van der Waals surface area (Å²) in [4.78, 5) is 24.8. The molecule has 7 nitrogen and oxygen atoms in total. The van der Waals surface area contributed by atoms with Crippen LogP contribution in [0.4, 0.5) is 0 Å². The molecule has 3 aromatic rings. The Morgan fingerprint density at radius 1 is 1.11 bits per heavy atom. The van der Waals surface area contributed by atoms with Crippen LogP contribution < -0.4 is 15.5 Å². The van der Waals surface area contributed by atoms with Gasteiger partial charge >= 0.3 is 0 Å². The fourth-order valence-electron chi connectivity index (χ4n) is 4.60. The molecule has 0 bridgehead atoms. The Balaban J connectivity index is 1.39. The number of benzene rings is 3. The van der Waals surface area contributed by atoms with Crippen LogP contribution >= 0.6 is 11.6 Å². The Kier molecular flexibility index (Phi) is 8.44. The molecule has 1 fully saturated rings. The fourth-order valence-corrected chi connectivity index (χ4v) is 4.78. The summed E-state index contributed by atoms with van der Waals surface area (Å²) in [7, 11) is 0. The van der Waals surface area contributed by atoms with E-state index in [1.807, 2.05) is 30.3 Å². The maximum absolute atomic E-state index is 12.5. The van der Waals surface area contributed by atoms with E-state index >= 15 is 0 Å². The summed E-state index contributed by atoms with van der Waals surface area (Å²) in [5, 5.41) is 18.5. The monoisotopic (exact) mass is 507 g/mol. The molecule has 0 heterocycles. The molecular weight excluding hydrogens is 478 g/mol. The molecule has 8 heteroatoms. The molecule has 3 aromatic carbocycles. The summed E-state index contributed by atoms with van der Waals surface area (Å²) in [6.45, 7) is 2.02. The molecular formula is C28H30ClN3O4. The molecule has 36 heavy (non-hydrogen) atoms. The maximum atomic E-state index is 12.5. The van der Waals surface area contributed by atoms with Gasteiger partial charge in [0.1, 0.15) is 11.5 Å². The number of fused-ring (bicyclic) bond motifs is 1. The minimum Gasteiger partial charge on any atom is -0.506 e. The number of carbonyl (C=O) groups is 2. The van der Waals surface area contributed by atoms with Crippen LogP contribution in [0.5, 0.6) is 11.5 Å². The first-order valence-electron chi connectivity index (χ1n) is 12.2. The molecule has 4 rings (SSSR count). The highest BCUT2D eigenvalue weighted by atomic mass is 35.5. The third-order valence-corrected chi connectivity index (χ3v) is 6.90. The van der Waals surface area contributed by atoms with Crippen molar-refractivity contribution >= 4 is 40.4 Å². The number of hydrogen-bond donors (Lipinski definition) is 3. The average molecular weight is 508 g/mol. The van der Waals surface area contributed by atoms with E-state index in [9.17, 15) is 14.7 Å². The van der Waals surface area contributed by atoms with Gasteiger partial charge in [0, 0.05) is 22.6 Å². The number of nitrogens with one attached hydrogen (secondary N) is 2. The van der Waals surface area contributed by atoms with Gasteiger partial charge < -0.3 is 15.2 Å². The average Bonchev–Trinajstić information content (AvgIpc) is 2.90. The number of nitrogens with zero attached hydrogens (tertiary/aromatic N) is 1. The molecule has 3 N–H and O–H groups in total. The standard InChI is InChI=1S/C28H30ClN3O4/c1-18(19-7-3-2-4-8-19)31-27(34)17-36-26-14-12-21(22-9-5-6-10-23(22)26)16-30-32-28(35)20-11-13-25(33)24(29)15-20/h5-6,9-16,18-19,33H,2-4,7-8,17H2,1H3,(H,31,34)(H,32,35). The quantitative estimate of drug-likeness (QED) is 0.280. The number of aromatic hydroxyl groups is 1. The van der Waals surface area contributed by atoms with Gasteiger partial charge in [-0.2, -0.15) is 5.10 Å². The van der Waals surface area contributed by atoms with E-state index in [1.165, 1.54) is 50.3 Å². The normalized spacial score (nSPS) is 15.1. The predicted octanol–water partition coefficient (Wildman–Crippen LogP) is 5.43. The summed E-state index contributed by atoms with van der Waals surface area (Å²) in [5.41, 5.74) is 3.52. The minimum absolute atomic E-state index is 0.0558. The van der Waals surface area contributed by atoms with Gasteiger partial charge in [0.15, 0.2) is 6.61 Å². The van der Waals surface area contributed by atoms with Crippen molar-refractivity contribution in [3.05, 3.63) is 70.7 Å². The number of ether oxygens (including phenoxy) is 1. The van der Waals surface area contributed by atoms with E-state index in [2.05, 4.69) is 22.8 Å². The van der Waals surface area contributed by atoms with Crippen LogP contribution in [0, 0.1) is 5.92 Å². The summed E-state index contributed by atoms with van der Waals surface area (Å²) in [6.07, 6.45) is 7.63. The third-order valence-electron chi connectivity index (χ3n) is 6.60. The Morgan fingerprint density at radius 2 is 1.86 bits per heavy atom. The van der Waals surface area contributed by atoms with Gasteiger partial charge in [-0.05, 0) is 61.4 Å².